The van der Waals surface area contributed by atoms with Gasteiger partial charge in [0.1, 0.15) is 11.9 Å². The van der Waals surface area contributed by atoms with E-state index in [0.29, 0.717) is 12.0 Å². The second kappa shape index (κ2) is 4.58. The molecule has 0 spiro atoms. The highest BCUT2D eigenvalue weighted by molar-refractivity contribution is 5.41. The lowest BCUT2D eigenvalue weighted by molar-refractivity contribution is 0.254. The second-order valence-electron chi connectivity index (χ2n) is 6.10. The fourth-order valence-electron chi connectivity index (χ4n) is 3.60. The summed E-state index contributed by atoms with van der Waals surface area (Å²) >= 11 is 0. The quantitative estimate of drug-likeness (QED) is 0.866. The van der Waals surface area contributed by atoms with Crippen LogP contribution in [0, 0.1) is 11.8 Å². The molecule has 98 valence electrons. The molecule has 2 aliphatic rings. The predicted octanol–water partition coefficient (Wildman–Crippen LogP) is 3.45. The van der Waals surface area contributed by atoms with Gasteiger partial charge in [0.15, 0.2) is 0 Å². The summed E-state index contributed by atoms with van der Waals surface area (Å²) in [5.74, 6) is 2.48. The maximum absolute atomic E-state index is 6.48. The third kappa shape index (κ3) is 2.03. The minimum Gasteiger partial charge on any atom is -0.490 e. The zero-order valence-corrected chi connectivity index (χ0v) is 11.4. The van der Waals surface area contributed by atoms with Crippen molar-refractivity contribution in [3.8, 4) is 5.75 Å². The summed E-state index contributed by atoms with van der Waals surface area (Å²) in [6.07, 6.45) is 5.30. The molecule has 0 amide bonds. The molecule has 0 saturated heterocycles. The van der Waals surface area contributed by atoms with Gasteiger partial charge in [-0.05, 0) is 42.4 Å². The molecule has 4 unspecified atom stereocenters. The van der Waals surface area contributed by atoms with Crippen molar-refractivity contribution < 1.29 is 4.74 Å². The van der Waals surface area contributed by atoms with Gasteiger partial charge >= 0.3 is 0 Å². The Morgan fingerprint density at radius 1 is 1.28 bits per heavy atom. The van der Waals surface area contributed by atoms with Crippen LogP contribution in [0.5, 0.6) is 5.75 Å². The average Bonchev–Trinajstić information content (AvgIpc) is 2.91. The number of ether oxygens (including phenoxy) is 1. The molecule has 1 aliphatic carbocycles. The average molecular weight is 245 g/mol. The Balaban J connectivity index is 1.82. The lowest BCUT2D eigenvalue weighted by Crippen LogP contribution is -2.23. The number of benzene rings is 1. The largest absolute Gasteiger partial charge is 0.490 e. The molecular formula is C16H23NO. The van der Waals surface area contributed by atoms with E-state index in [1.54, 1.807) is 0 Å². The first-order valence-electron chi connectivity index (χ1n) is 7.20. The van der Waals surface area contributed by atoms with Crippen LogP contribution in [-0.4, -0.2) is 6.10 Å². The highest BCUT2D eigenvalue weighted by atomic mass is 16.5. The van der Waals surface area contributed by atoms with E-state index >= 15 is 0 Å². The van der Waals surface area contributed by atoms with Crippen molar-refractivity contribution in [2.75, 3.05) is 0 Å². The molecule has 1 aliphatic heterocycles. The van der Waals surface area contributed by atoms with E-state index in [-0.39, 0.29) is 6.04 Å². The highest BCUT2D eigenvalue weighted by Gasteiger charge is 2.30. The predicted molar refractivity (Wildman–Crippen MR) is 73.7 cm³/mol. The van der Waals surface area contributed by atoms with Crippen LogP contribution in [0.1, 0.15) is 50.3 Å². The van der Waals surface area contributed by atoms with E-state index < -0.39 is 0 Å². The Labute approximate surface area is 110 Å². The molecule has 18 heavy (non-hydrogen) atoms. The van der Waals surface area contributed by atoms with Crippen LogP contribution < -0.4 is 10.5 Å². The second-order valence-corrected chi connectivity index (χ2v) is 6.10. The van der Waals surface area contributed by atoms with Gasteiger partial charge in [0.25, 0.3) is 0 Å². The van der Waals surface area contributed by atoms with Crippen LogP contribution in [-0.2, 0) is 6.42 Å². The van der Waals surface area contributed by atoms with Gasteiger partial charge in [0.05, 0.1) is 0 Å². The molecule has 1 heterocycles. The Morgan fingerprint density at radius 3 is 2.83 bits per heavy atom. The minimum atomic E-state index is 0.198. The lowest BCUT2D eigenvalue weighted by atomic mass is 9.86. The summed E-state index contributed by atoms with van der Waals surface area (Å²) in [7, 11) is 0. The molecule has 1 aromatic carbocycles. The Bertz CT molecular complexity index is 443. The molecule has 2 heteroatoms. The lowest BCUT2D eigenvalue weighted by Gasteiger charge is -2.24. The first kappa shape index (κ1) is 12.0. The Hall–Kier alpha value is -1.02. The van der Waals surface area contributed by atoms with Crippen LogP contribution in [0.15, 0.2) is 18.2 Å². The maximum Gasteiger partial charge on any atom is 0.123 e. The summed E-state index contributed by atoms with van der Waals surface area (Å²) in [5.41, 5.74) is 9.11. The fourth-order valence-corrected chi connectivity index (χ4v) is 3.60. The van der Waals surface area contributed by atoms with Crippen molar-refractivity contribution in [2.24, 2.45) is 17.6 Å². The van der Waals surface area contributed by atoms with E-state index in [9.17, 15) is 0 Å². The molecule has 1 fully saturated rings. The SMILES string of the molecule is CC1Cc2cc(C(N)C3CCCC3C)ccc2O1. The number of rotatable bonds is 2. The van der Waals surface area contributed by atoms with Crippen LogP contribution in [0.2, 0.25) is 0 Å². The van der Waals surface area contributed by atoms with Crippen molar-refractivity contribution >= 4 is 0 Å². The minimum absolute atomic E-state index is 0.198. The molecule has 2 N–H and O–H groups in total. The Morgan fingerprint density at radius 2 is 2.11 bits per heavy atom. The number of fused-ring (bicyclic) bond motifs is 1. The maximum atomic E-state index is 6.48. The normalized spacial score (nSPS) is 32.1. The van der Waals surface area contributed by atoms with Gasteiger partial charge in [-0.15, -0.1) is 0 Å². The van der Waals surface area contributed by atoms with E-state index in [0.717, 1.165) is 18.1 Å². The summed E-state index contributed by atoms with van der Waals surface area (Å²) in [6, 6.07) is 6.73. The molecule has 1 aromatic rings. The summed E-state index contributed by atoms with van der Waals surface area (Å²) < 4.78 is 5.75. The molecule has 1 saturated carbocycles. The third-order valence-electron chi connectivity index (χ3n) is 4.69. The molecule has 3 rings (SSSR count). The van der Waals surface area contributed by atoms with Crippen LogP contribution >= 0.6 is 0 Å². The first-order chi connectivity index (χ1) is 8.65. The van der Waals surface area contributed by atoms with Crippen molar-refractivity contribution in [1.82, 2.24) is 0 Å². The molecule has 0 radical (unpaired) electrons. The molecule has 2 nitrogen and oxygen atoms in total. The van der Waals surface area contributed by atoms with E-state index in [4.69, 9.17) is 10.5 Å². The van der Waals surface area contributed by atoms with Gasteiger partial charge in [0.2, 0.25) is 0 Å². The zero-order valence-electron chi connectivity index (χ0n) is 11.4. The zero-order chi connectivity index (χ0) is 12.7. The molecule has 0 aromatic heterocycles. The smallest absolute Gasteiger partial charge is 0.123 e. The molecule has 4 atom stereocenters. The molecular weight excluding hydrogens is 222 g/mol. The Kier molecular flexibility index (Phi) is 3.06. The van der Waals surface area contributed by atoms with Crippen LogP contribution in [0.25, 0.3) is 0 Å². The van der Waals surface area contributed by atoms with Crippen LogP contribution in [0.3, 0.4) is 0 Å². The summed E-state index contributed by atoms with van der Waals surface area (Å²) in [5, 5.41) is 0. The number of hydrogen-bond donors (Lipinski definition) is 1. The summed E-state index contributed by atoms with van der Waals surface area (Å²) in [4.78, 5) is 0. The molecule has 0 bridgehead atoms. The van der Waals surface area contributed by atoms with Gasteiger partial charge < -0.3 is 10.5 Å². The topological polar surface area (TPSA) is 35.2 Å². The summed E-state index contributed by atoms with van der Waals surface area (Å²) in [6.45, 7) is 4.47. The van der Waals surface area contributed by atoms with E-state index in [1.165, 1.54) is 30.4 Å². The van der Waals surface area contributed by atoms with Gasteiger partial charge in [0, 0.05) is 12.5 Å². The van der Waals surface area contributed by atoms with Crippen molar-refractivity contribution in [2.45, 2.75) is 51.7 Å². The highest BCUT2D eigenvalue weighted by Crippen LogP contribution is 2.40. The van der Waals surface area contributed by atoms with Gasteiger partial charge in [-0.25, -0.2) is 0 Å². The fraction of sp³-hybridized carbons (Fsp3) is 0.625. The van der Waals surface area contributed by atoms with E-state index in [1.807, 2.05) is 0 Å². The van der Waals surface area contributed by atoms with Gasteiger partial charge in [-0.2, -0.15) is 0 Å². The van der Waals surface area contributed by atoms with Crippen LogP contribution in [0.4, 0.5) is 0 Å². The van der Waals surface area contributed by atoms with E-state index in [2.05, 4.69) is 32.0 Å². The first-order valence-corrected chi connectivity index (χ1v) is 7.20. The van der Waals surface area contributed by atoms with Gasteiger partial charge in [-0.1, -0.05) is 31.9 Å². The number of hydrogen-bond acceptors (Lipinski definition) is 2. The van der Waals surface area contributed by atoms with Crippen molar-refractivity contribution in [3.63, 3.8) is 0 Å². The standard InChI is InChI=1S/C16H23NO/c1-10-4-3-5-14(10)16(17)12-6-7-15-13(9-12)8-11(2)18-15/h6-7,9-11,14,16H,3-5,8,17H2,1-2H3. The third-order valence-corrected chi connectivity index (χ3v) is 4.69. The van der Waals surface area contributed by atoms with Crippen molar-refractivity contribution in [1.29, 1.82) is 0 Å². The van der Waals surface area contributed by atoms with Crippen molar-refractivity contribution in [3.05, 3.63) is 29.3 Å². The van der Waals surface area contributed by atoms with Gasteiger partial charge in [-0.3, -0.25) is 0 Å². The monoisotopic (exact) mass is 245 g/mol. The number of nitrogens with two attached hydrogens (primary N) is 1.